The first-order valence-electron chi connectivity index (χ1n) is 34.1. The predicted molar refractivity (Wildman–Crippen MR) is 345 cm³/mol. The van der Waals surface area contributed by atoms with Crippen molar-refractivity contribution in [1.29, 1.82) is 0 Å². The maximum atomic E-state index is 14.0. The summed E-state index contributed by atoms with van der Waals surface area (Å²) < 4.78 is 113. The van der Waals surface area contributed by atoms with Crippen LogP contribution in [0.5, 0.6) is 11.5 Å². The second-order valence-electron chi connectivity index (χ2n) is 25.3. The zero-order chi connectivity index (χ0) is 62.4. The van der Waals surface area contributed by atoms with Gasteiger partial charge in [0.15, 0.2) is 6.10 Å². The molecule has 0 aromatic heterocycles. The summed E-state index contributed by atoms with van der Waals surface area (Å²) in [5, 5.41) is 1.87. The van der Waals surface area contributed by atoms with E-state index in [1.54, 1.807) is 0 Å². The van der Waals surface area contributed by atoms with Crippen LogP contribution in [-0.2, 0) is 78.5 Å². The lowest BCUT2D eigenvalue weighted by atomic mass is 9.82. The smallest absolute Gasteiger partial charge is 0.462 e. The zero-order valence-electron chi connectivity index (χ0n) is 53.0. The molecule has 5 aliphatic heterocycles. The highest BCUT2D eigenvalue weighted by Gasteiger charge is 2.38. The van der Waals surface area contributed by atoms with E-state index >= 15 is 0 Å². The average molecular weight is 1280 g/mol. The molecule has 0 amide bonds. The maximum absolute atomic E-state index is 14.0. The van der Waals surface area contributed by atoms with E-state index in [-0.39, 0.29) is 18.4 Å². The largest absolute Gasteiger partial charge is 0.472 e. The molecule has 3 aromatic rings. The van der Waals surface area contributed by atoms with Gasteiger partial charge in [0, 0.05) is 84.1 Å². The first-order valence-corrected chi connectivity index (χ1v) is 38.5. The molecule has 0 radical (unpaired) electrons. The minimum absolute atomic E-state index is 0.113. The first-order chi connectivity index (χ1) is 42.6. The summed E-state index contributed by atoms with van der Waals surface area (Å²) in [6.07, 6.45) is 36.2. The van der Waals surface area contributed by atoms with Crippen molar-refractivity contribution < 1.29 is 63.7 Å². The quantitative estimate of drug-likeness (QED) is 0.0123. The van der Waals surface area contributed by atoms with Crippen molar-refractivity contribution in [3.8, 4) is 11.5 Å². The zero-order valence-corrected chi connectivity index (χ0v) is 55.6. The van der Waals surface area contributed by atoms with E-state index < -0.39 is 82.2 Å². The summed E-state index contributed by atoms with van der Waals surface area (Å²) in [7, 11) is -14.5. The van der Waals surface area contributed by atoms with Crippen molar-refractivity contribution in [2.45, 2.75) is 261 Å². The van der Waals surface area contributed by atoms with Gasteiger partial charge in [-0.2, -0.15) is 8.42 Å². The van der Waals surface area contributed by atoms with E-state index in [1.807, 2.05) is 0 Å². The third-order valence-corrected chi connectivity index (χ3v) is 21.6. The fourth-order valence-corrected chi connectivity index (χ4v) is 16.3. The third kappa shape index (κ3) is 20.1. The van der Waals surface area contributed by atoms with Gasteiger partial charge < -0.3 is 24.0 Å². The monoisotopic (exact) mass is 1280 g/mol. The summed E-state index contributed by atoms with van der Waals surface area (Å²) in [4.78, 5) is 38.1. The number of sulfonamides is 1. The van der Waals surface area contributed by atoms with Gasteiger partial charge in [-0.1, -0.05) is 174 Å². The number of phosphoric ester groups is 1. The van der Waals surface area contributed by atoms with Crippen molar-refractivity contribution >= 4 is 51.2 Å². The standard InChI is InChI=1S/C68H102N3O14PS2/c1-3-5-7-9-11-13-15-17-19-21-23-25-27-37-62(72)81-50-54(84-63(73)38-28-26-24-22-20-18-16-14-12-10-8-6-4-2)51-83-86(74,75)82-46-41-69-87(76,77)55-39-40-56(61(49-55)88(78,79)80)64-59-47-52-33-29-42-70-44-31-35-57(65(52)70)67(59)85-68-58-36-32-45-71-43-30-34-53(66(58)71)48-60(64)68/h39-40,47-49,54,69H,3-38,41-46,50-51H2,1-2H3,(H-,74,75,78,79,80)/p+1. The molecule has 0 saturated heterocycles. The number of esters is 2. The van der Waals surface area contributed by atoms with E-state index in [0.717, 1.165) is 151 Å². The van der Waals surface area contributed by atoms with Gasteiger partial charge in [-0.3, -0.25) is 23.2 Å². The van der Waals surface area contributed by atoms with Crippen molar-refractivity contribution in [2.24, 2.45) is 0 Å². The maximum Gasteiger partial charge on any atom is 0.472 e. The number of phosphoric acid groups is 1. The molecule has 5 heterocycles. The molecule has 2 atom stereocenters. The molecule has 0 saturated carbocycles. The number of nitrogens with zero attached hydrogens (tertiary/aromatic N) is 2. The molecule has 490 valence electrons. The Bertz CT molecular complexity index is 3220. The van der Waals surface area contributed by atoms with Crippen LogP contribution >= 0.6 is 7.82 Å². The highest BCUT2D eigenvalue weighted by atomic mass is 32.2. The number of hydrogen-bond acceptors (Lipinski definition) is 13. The minimum atomic E-state index is -5.08. The van der Waals surface area contributed by atoms with Gasteiger partial charge in [-0.15, -0.1) is 0 Å². The van der Waals surface area contributed by atoms with Crippen LogP contribution in [0, 0.1) is 0 Å². The molecule has 0 spiro atoms. The molecule has 5 aliphatic rings. The average Bonchev–Trinajstić information content (AvgIpc) is 0.722. The molecule has 88 heavy (non-hydrogen) atoms. The van der Waals surface area contributed by atoms with Crippen LogP contribution in [0.2, 0.25) is 0 Å². The number of carbonyl (C=O) groups excluding carboxylic acids is 2. The second-order valence-corrected chi connectivity index (χ2v) is 29.9. The summed E-state index contributed by atoms with van der Waals surface area (Å²) in [6.45, 7) is 5.97. The Balaban J connectivity index is 0.875. The Morgan fingerprint density at radius 2 is 1.18 bits per heavy atom. The summed E-state index contributed by atoms with van der Waals surface area (Å²) in [6, 6.07) is 7.84. The molecule has 17 nitrogen and oxygen atoms in total. The molecular weight excluding hydrogens is 1180 g/mol. The Morgan fingerprint density at radius 1 is 0.636 bits per heavy atom. The van der Waals surface area contributed by atoms with Crippen LogP contribution < -0.4 is 29.5 Å². The van der Waals surface area contributed by atoms with E-state index in [0.29, 0.717) is 40.7 Å². The molecule has 0 bridgehead atoms. The van der Waals surface area contributed by atoms with Crippen molar-refractivity contribution in [3.63, 3.8) is 0 Å². The van der Waals surface area contributed by atoms with Gasteiger partial charge in [0.05, 0.1) is 23.7 Å². The molecule has 20 heteroatoms. The van der Waals surface area contributed by atoms with Crippen LogP contribution in [-0.4, -0.2) is 96.9 Å². The van der Waals surface area contributed by atoms with Crippen LogP contribution in [0.3, 0.4) is 0 Å². The lowest BCUT2D eigenvalue weighted by Gasteiger charge is -2.39. The third-order valence-electron chi connectivity index (χ3n) is 18.3. The molecule has 3 aromatic carbocycles. The van der Waals surface area contributed by atoms with Gasteiger partial charge >= 0.3 is 19.8 Å². The Kier molecular flexibility index (Phi) is 27.7. The molecule has 2 unspecified atom stereocenters. The number of benzene rings is 3. The number of carbonyl (C=O) groups is 2. The summed E-state index contributed by atoms with van der Waals surface area (Å²) in [5.41, 5.74) is 6.98. The van der Waals surface area contributed by atoms with Crippen LogP contribution in [0.4, 0.5) is 5.69 Å². The van der Waals surface area contributed by atoms with Gasteiger partial charge in [0.25, 0.3) is 10.1 Å². The number of rotatable bonds is 42. The number of aryl methyl sites for hydroxylation is 2. The topological polar surface area (TPSA) is 224 Å². The molecular formula is C68H103N3O14PS2+. The van der Waals surface area contributed by atoms with E-state index in [9.17, 15) is 40.4 Å². The van der Waals surface area contributed by atoms with Gasteiger partial charge in [0.1, 0.15) is 36.1 Å². The summed E-state index contributed by atoms with van der Waals surface area (Å²) in [5.74, 6) is 0.290. The van der Waals surface area contributed by atoms with E-state index in [4.69, 9.17) is 23.3 Å². The normalized spacial score (nSPS) is 16.2. The number of nitrogens with one attached hydrogen (secondary N) is 1. The van der Waals surface area contributed by atoms with Crippen LogP contribution in [0.15, 0.2) is 40.1 Å². The number of hydrogen-bond donors (Lipinski definition) is 3. The molecule has 3 N–H and O–H groups in total. The number of fused-ring (bicyclic) bond motifs is 4. The van der Waals surface area contributed by atoms with Crippen molar-refractivity contribution in [2.75, 3.05) is 57.4 Å². The Hall–Kier alpha value is -4.20. The van der Waals surface area contributed by atoms with Crippen molar-refractivity contribution in [3.05, 3.63) is 74.3 Å². The number of unbranched alkanes of at least 4 members (excludes halogenated alkanes) is 24. The first kappa shape index (κ1) is 69.7. The van der Waals surface area contributed by atoms with Gasteiger partial charge in [-0.25, -0.2) is 22.3 Å². The molecule has 0 fully saturated rings. The van der Waals surface area contributed by atoms with E-state index in [2.05, 4.69) is 40.2 Å². The van der Waals surface area contributed by atoms with Gasteiger partial charge in [-0.05, 0) is 81.2 Å². The summed E-state index contributed by atoms with van der Waals surface area (Å²) >= 11 is 0. The fraction of sp³-hybridized carbons (Fsp3) is 0.691. The fourth-order valence-electron chi connectivity index (χ4n) is 13.7. The highest BCUT2D eigenvalue weighted by Crippen LogP contribution is 2.49. The van der Waals surface area contributed by atoms with Crippen molar-refractivity contribution in [1.82, 2.24) is 9.30 Å². The van der Waals surface area contributed by atoms with Crippen LogP contribution in [0.25, 0.3) is 5.57 Å². The Labute approximate surface area is 525 Å². The van der Waals surface area contributed by atoms with E-state index in [1.165, 1.54) is 132 Å². The lowest BCUT2D eigenvalue weighted by molar-refractivity contribution is -0.161. The highest BCUT2D eigenvalue weighted by molar-refractivity contribution is 7.89. The van der Waals surface area contributed by atoms with Gasteiger partial charge in [0.2, 0.25) is 15.4 Å². The second kappa shape index (κ2) is 35.0. The minimum Gasteiger partial charge on any atom is -0.462 e. The molecule has 0 aliphatic carbocycles. The Morgan fingerprint density at radius 3 is 1.78 bits per heavy atom. The number of anilines is 1. The molecule has 8 rings (SSSR count). The predicted octanol–water partition coefficient (Wildman–Crippen LogP) is 13.2. The lowest BCUT2D eigenvalue weighted by Crippen LogP contribution is -2.45. The SMILES string of the molecule is CCCCCCCCCCCCCCCC(=O)OCC(COP(=O)(O)OCCNS(=O)(=O)c1ccc(C2=c3cc4c5c(c3Oc3c2cc2c6c3CCCN6CCC2)CCC[N+]=5CCC4)c(S(=O)(=O)O)c1)OC(=O)CCCCCCCCCCCCCCC. The number of ether oxygens (including phenoxy) is 3. The van der Waals surface area contributed by atoms with Crippen LogP contribution in [0.1, 0.15) is 253 Å².